The topological polar surface area (TPSA) is 50.3 Å². The van der Waals surface area contributed by atoms with Crippen molar-refractivity contribution in [3.63, 3.8) is 0 Å². The summed E-state index contributed by atoms with van der Waals surface area (Å²) in [6, 6.07) is 24.8. The molecule has 28 heavy (non-hydrogen) atoms. The Morgan fingerprint density at radius 1 is 0.786 bits per heavy atom. The second-order valence-corrected chi connectivity index (χ2v) is 7.35. The number of amides is 2. The predicted octanol–water partition coefficient (Wildman–Crippen LogP) is 4.30. The summed E-state index contributed by atoms with van der Waals surface area (Å²) in [5.41, 5.74) is 3.03. The molecule has 1 aliphatic rings. The molecule has 5 heteroatoms. The summed E-state index contributed by atoms with van der Waals surface area (Å²) in [4.78, 5) is 32.3. The van der Waals surface area contributed by atoms with E-state index in [2.05, 4.69) is 4.98 Å². The minimum Gasteiger partial charge on any atom is -0.269 e. The molecule has 4 rings (SSSR count). The maximum absolute atomic E-state index is 13.1. The van der Waals surface area contributed by atoms with Crippen LogP contribution in [0.5, 0.6) is 0 Å². The highest BCUT2D eigenvalue weighted by Gasteiger charge is 2.39. The van der Waals surface area contributed by atoms with Gasteiger partial charge in [-0.3, -0.25) is 19.5 Å². The number of carbonyl (C=O) groups excluding carboxylic acids is 2. The zero-order chi connectivity index (χ0) is 19.3. The second-order valence-electron chi connectivity index (χ2n) is 6.36. The first-order valence-electron chi connectivity index (χ1n) is 8.96. The van der Waals surface area contributed by atoms with Crippen LogP contribution in [0.1, 0.15) is 16.8 Å². The Morgan fingerprint density at radius 3 is 2.14 bits per heavy atom. The van der Waals surface area contributed by atoms with Crippen molar-refractivity contribution in [2.45, 2.75) is 12.3 Å². The van der Waals surface area contributed by atoms with Crippen molar-refractivity contribution in [2.75, 3.05) is 0 Å². The van der Waals surface area contributed by atoms with Gasteiger partial charge in [-0.2, -0.15) is 0 Å². The van der Waals surface area contributed by atoms with Gasteiger partial charge in [0, 0.05) is 11.9 Å². The highest BCUT2D eigenvalue weighted by molar-refractivity contribution is 8.03. The van der Waals surface area contributed by atoms with E-state index in [1.54, 1.807) is 6.20 Å². The molecule has 0 N–H and O–H groups in total. The van der Waals surface area contributed by atoms with Crippen LogP contribution in [-0.4, -0.2) is 21.7 Å². The molecule has 2 amide bonds. The number of nitrogens with zero attached hydrogens (tertiary/aromatic N) is 2. The fourth-order valence-electron chi connectivity index (χ4n) is 3.07. The molecule has 0 aliphatic carbocycles. The molecule has 1 aromatic heterocycles. The first kappa shape index (κ1) is 18.2. The molecule has 0 unspecified atom stereocenters. The minimum atomic E-state index is -0.266. The highest BCUT2D eigenvalue weighted by atomic mass is 32.2. The van der Waals surface area contributed by atoms with Crippen LogP contribution in [0.4, 0.5) is 0 Å². The van der Waals surface area contributed by atoms with Crippen molar-refractivity contribution in [3.05, 3.63) is 107 Å². The fourth-order valence-corrected chi connectivity index (χ4v) is 4.16. The van der Waals surface area contributed by atoms with Gasteiger partial charge >= 0.3 is 0 Å². The van der Waals surface area contributed by atoms with Crippen molar-refractivity contribution in [1.29, 1.82) is 0 Å². The van der Waals surface area contributed by atoms with Gasteiger partial charge in [0.15, 0.2) is 0 Å². The van der Waals surface area contributed by atoms with E-state index in [1.807, 2.05) is 78.9 Å². The van der Waals surface area contributed by atoms with Crippen molar-refractivity contribution < 1.29 is 9.59 Å². The van der Waals surface area contributed by atoms with Crippen molar-refractivity contribution in [1.82, 2.24) is 9.88 Å². The quantitative estimate of drug-likeness (QED) is 0.593. The SMILES string of the molecule is O=C1C(SCc2ccccc2)=C(c2ccccc2)C(=O)N1Cc1ccccn1. The number of rotatable bonds is 6. The summed E-state index contributed by atoms with van der Waals surface area (Å²) in [5.74, 6) is 0.107. The molecule has 3 aromatic rings. The monoisotopic (exact) mass is 386 g/mol. The molecule has 0 saturated carbocycles. The van der Waals surface area contributed by atoms with Crippen LogP contribution in [0.15, 0.2) is 90.0 Å². The van der Waals surface area contributed by atoms with Gasteiger partial charge in [-0.15, -0.1) is 11.8 Å². The van der Waals surface area contributed by atoms with Crippen molar-refractivity contribution >= 4 is 29.1 Å². The zero-order valence-electron chi connectivity index (χ0n) is 15.1. The van der Waals surface area contributed by atoms with Gasteiger partial charge in [0.2, 0.25) is 0 Å². The van der Waals surface area contributed by atoms with Crippen molar-refractivity contribution in [3.8, 4) is 0 Å². The number of imide groups is 1. The summed E-state index contributed by atoms with van der Waals surface area (Å²) in [6.45, 7) is 0.171. The lowest BCUT2D eigenvalue weighted by atomic mass is 10.1. The van der Waals surface area contributed by atoms with E-state index in [1.165, 1.54) is 16.7 Å². The second kappa shape index (κ2) is 8.23. The van der Waals surface area contributed by atoms with Gasteiger partial charge in [-0.1, -0.05) is 66.7 Å². The van der Waals surface area contributed by atoms with E-state index in [0.29, 0.717) is 21.9 Å². The molecule has 138 valence electrons. The maximum atomic E-state index is 13.1. The Kier molecular flexibility index (Phi) is 5.35. The average Bonchev–Trinajstić information content (AvgIpc) is 2.98. The molecule has 0 atom stereocenters. The summed E-state index contributed by atoms with van der Waals surface area (Å²) < 4.78 is 0. The van der Waals surface area contributed by atoms with Crippen molar-refractivity contribution in [2.24, 2.45) is 0 Å². The summed E-state index contributed by atoms with van der Waals surface area (Å²) >= 11 is 1.41. The number of pyridine rings is 1. The van der Waals surface area contributed by atoms with Crippen LogP contribution < -0.4 is 0 Å². The summed E-state index contributed by atoms with van der Waals surface area (Å²) in [7, 11) is 0. The van der Waals surface area contributed by atoms with Gasteiger partial charge in [0.1, 0.15) is 0 Å². The third-order valence-corrected chi connectivity index (χ3v) is 5.61. The van der Waals surface area contributed by atoms with Crippen LogP contribution in [0, 0.1) is 0 Å². The highest BCUT2D eigenvalue weighted by Crippen LogP contribution is 2.37. The van der Waals surface area contributed by atoms with Crippen LogP contribution in [-0.2, 0) is 21.9 Å². The Morgan fingerprint density at radius 2 is 1.46 bits per heavy atom. The molecule has 0 fully saturated rings. The van der Waals surface area contributed by atoms with E-state index in [0.717, 1.165) is 11.1 Å². The molecule has 0 spiro atoms. The smallest absolute Gasteiger partial charge is 0.268 e. The number of hydrogen-bond donors (Lipinski definition) is 0. The molecular formula is C23H18N2O2S. The van der Waals surface area contributed by atoms with Crippen LogP contribution in [0.25, 0.3) is 5.57 Å². The molecule has 0 radical (unpaired) electrons. The fraction of sp³-hybridized carbons (Fsp3) is 0.0870. The Balaban J connectivity index is 1.66. The summed E-state index contributed by atoms with van der Waals surface area (Å²) in [5, 5.41) is 0. The predicted molar refractivity (Wildman–Crippen MR) is 111 cm³/mol. The van der Waals surface area contributed by atoms with E-state index < -0.39 is 0 Å². The van der Waals surface area contributed by atoms with Gasteiger partial charge < -0.3 is 0 Å². The van der Waals surface area contributed by atoms with E-state index in [9.17, 15) is 9.59 Å². The number of thioether (sulfide) groups is 1. The van der Waals surface area contributed by atoms with E-state index >= 15 is 0 Å². The molecule has 0 bridgehead atoms. The average molecular weight is 386 g/mol. The molecule has 0 saturated heterocycles. The zero-order valence-corrected chi connectivity index (χ0v) is 15.9. The molecule has 4 nitrogen and oxygen atoms in total. The van der Waals surface area contributed by atoms with Crippen LogP contribution >= 0.6 is 11.8 Å². The number of carbonyl (C=O) groups is 2. The molecule has 2 aromatic carbocycles. The third-order valence-electron chi connectivity index (χ3n) is 4.46. The van der Waals surface area contributed by atoms with Crippen LogP contribution in [0.3, 0.4) is 0 Å². The van der Waals surface area contributed by atoms with E-state index in [-0.39, 0.29) is 18.4 Å². The number of benzene rings is 2. The Hall–Kier alpha value is -3.18. The number of hydrogen-bond acceptors (Lipinski definition) is 4. The lowest BCUT2D eigenvalue weighted by molar-refractivity contribution is -0.137. The largest absolute Gasteiger partial charge is 0.269 e. The standard InChI is InChI=1S/C23H18N2O2S/c26-22-20(18-11-5-2-6-12-18)21(28-16-17-9-3-1-4-10-17)23(27)25(22)15-19-13-7-8-14-24-19/h1-14H,15-16H2. The lowest BCUT2D eigenvalue weighted by Crippen LogP contribution is -2.31. The van der Waals surface area contributed by atoms with Gasteiger partial charge in [-0.05, 0) is 23.3 Å². The molecule has 2 heterocycles. The van der Waals surface area contributed by atoms with Gasteiger partial charge in [-0.25, -0.2) is 0 Å². The molecule has 1 aliphatic heterocycles. The lowest BCUT2D eigenvalue weighted by Gasteiger charge is -2.14. The Labute approximate surface area is 167 Å². The van der Waals surface area contributed by atoms with E-state index in [4.69, 9.17) is 0 Å². The van der Waals surface area contributed by atoms with Crippen LogP contribution in [0.2, 0.25) is 0 Å². The van der Waals surface area contributed by atoms with Gasteiger partial charge in [0.05, 0.1) is 22.7 Å². The number of aromatic nitrogens is 1. The first-order chi connectivity index (χ1) is 13.7. The normalized spacial score (nSPS) is 14.1. The third kappa shape index (κ3) is 3.75. The molecular weight excluding hydrogens is 368 g/mol. The Bertz CT molecular complexity index is 1020. The minimum absolute atomic E-state index is 0.171. The first-order valence-corrected chi connectivity index (χ1v) is 9.95. The summed E-state index contributed by atoms with van der Waals surface area (Å²) in [6.07, 6.45) is 1.66. The maximum Gasteiger partial charge on any atom is 0.268 e. The van der Waals surface area contributed by atoms with Gasteiger partial charge in [0.25, 0.3) is 11.8 Å².